The van der Waals surface area contributed by atoms with Gasteiger partial charge in [0.2, 0.25) is 5.91 Å². The van der Waals surface area contributed by atoms with Crippen LogP contribution in [0.1, 0.15) is 12.8 Å². The molecule has 0 aromatic heterocycles. The van der Waals surface area contributed by atoms with Crippen LogP contribution >= 0.6 is 0 Å². The number of benzene rings is 1. The highest BCUT2D eigenvalue weighted by Gasteiger charge is 2.35. The topological polar surface area (TPSA) is 101 Å². The Bertz CT molecular complexity index is 745. The molecular weight excluding hydrogens is 322 g/mol. The molecule has 0 saturated carbocycles. The van der Waals surface area contributed by atoms with Crippen LogP contribution in [-0.4, -0.2) is 57.1 Å². The molecule has 23 heavy (non-hydrogen) atoms. The predicted octanol–water partition coefficient (Wildman–Crippen LogP) is 1.06. The first-order valence-electron chi connectivity index (χ1n) is 7.09. The monoisotopic (exact) mass is 341 g/mol. The molecule has 126 valence electrons. The maximum absolute atomic E-state index is 12.3. The summed E-state index contributed by atoms with van der Waals surface area (Å²) in [5, 5.41) is 11.4. The lowest BCUT2D eigenvalue weighted by Crippen LogP contribution is -2.43. The molecular formula is C14H19N3O5S. The van der Waals surface area contributed by atoms with Crippen molar-refractivity contribution in [1.29, 1.82) is 0 Å². The highest BCUT2D eigenvalue weighted by molar-refractivity contribution is 7.90. The van der Waals surface area contributed by atoms with Crippen LogP contribution in [0.4, 0.5) is 11.4 Å². The first kappa shape index (κ1) is 17.2. The SMILES string of the molecule is CN(C)C(=O)C1CCCN1c1ccc(S(C)(=O)=O)cc1[N+](=O)[O-]. The van der Waals surface area contributed by atoms with Crippen molar-refractivity contribution in [2.75, 3.05) is 31.8 Å². The third-order valence-corrected chi connectivity index (χ3v) is 4.97. The molecule has 0 spiro atoms. The lowest BCUT2D eigenvalue weighted by molar-refractivity contribution is -0.384. The van der Waals surface area contributed by atoms with E-state index in [0.29, 0.717) is 13.0 Å². The van der Waals surface area contributed by atoms with E-state index < -0.39 is 20.8 Å². The molecule has 1 aromatic carbocycles. The molecule has 1 aromatic rings. The highest BCUT2D eigenvalue weighted by Crippen LogP contribution is 2.35. The second-order valence-corrected chi connectivity index (χ2v) is 7.78. The van der Waals surface area contributed by atoms with Gasteiger partial charge in [-0.1, -0.05) is 0 Å². The summed E-state index contributed by atoms with van der Waals surface area (Å²) in [6.45, 7) is 0.517. The number of nitrogens with zero attached hydrogens (tertiary/aromatic N) is 3. The molecule has 1 aliphatic rings. The van der Waals surface area contributed by atoms with Gasteiger partial charge in [0.15, 0.2) is 9.84 Å². The van der Waals surface area contributed by atoms with Gasteiger partial charge in [0, 0.05) is 33.0 Å². The third kappa shape index (κ3) is 3.44. The zero-order valence-electron chi connectivity index (χ0n) is 13.2. The molecule has 1 atom stereocenters. The number of nitro benzene ring substituents is 1. The standard InChI is InChI=1S/C14H19N3O5S/c1-15(2)14(18)12-5-4-8-16(12)11-7-6-10(23(3,21)22)9-13(11)17(19)20/h6-7,9,12H,4-5,8H2,1-3H3. The molecule has 8 nitrogen and oxygen atoms in total. The van der Waals surface area contributed by atoms with Gasteiger partial charge in [0.1, 0.15) is 11.7 Å². The van der Waals surface area contributed by atoms with E-state index in [-0.39, 0.29) is 22.2 Å². The molecule has 9 heteroatoms. The first-order valence-corrected chi connectivity index (χ1v) is 8.98. The number of amides is 1. The van der Waals surface area contributed by atoms with Crippen LogP contribution in [0.15, 0.2) is 23.1 Å². The van der Waals surface area contributed by atoms with E-state index in [9.17, 15) is 23.3 Å². The lowest BCUT2D eigenvalue weighted by atomic mass is 10.1. The van der Waals surface area contributed by atoms with Crippen molar-refractivity contribution in [1.82, 2.24) is 4.90 Å². The van der Waals surface area contributed by atoms with Gasteiger partial charge in [0.25, 0.3) is 5.69 Å². The van der Waals surface area contributed by atoms with E-state index in [1.54, 1.807) is 19.0 Å². The number of hydrogen-bond donors (Lipinski definition) is 0. The lowest BCUT2D eigenvalue weighted by Gasteiger charge is -2.27. The average molecular weight is 341 g/mol. The normalized spacial score (nSPS) is 18.0. The van der Waals surface area contributed by atoms with Crippen molar-refractivity contribution < 1.29 is 18.1 Å². The number of sulfone groups is 1. The summed E-state index contributed by atoms with van der Waals surface area (Å²) in [5.74, 6) is -0.121. The van der Waals surface area contributed by atoms with Crippen molar-refractivity contribution in [3.8, 4) is 0 Å². The quantitative estimate of drug-likeness (QED) is 0.599. The average Bonchev–Trinajstić information content (AvgIpc) is 2.93. The second-order valence-electron chi connectivity index (χ2n) is 5.76. The van der Waals surface area contributed by atoms with Gasteiger partial charge in [-0.15, -0.1) is 0 Å². The fourth-order valence-corrected chi connectivity index (χ4v) is 3.37. The van der Waals surface area contributed by atoms with Gasteiger partial charge >= 0.3 is 0 Å². The van der Waals surface area contributed by atoms with E-state index in [0.717, 1.165) is 18.7 Å². The number of anilines is 1. The van der Waals surface area contributed by atoms with Crippen LogP contribution in [0.25, 0.3) is 0 Å². The summed E-state index contributed by atoms with van der Waals surface area (Å²) in [7, 11) is -0.263. The molecule has 1 fully saturated rings. The van der Waals surface area contributed by atoms with Gasteiger partial charge in [0.05, 0.1) is 9.82 Å². The van der Waals surface area contributed by atoms with Crippen LogP contribution in [-0.2, 0) is 14.6 Å². The van der Waals surface area contributed by atoms with Crippen LogP contribution < -0.4 is 4.90 Å². The summed E-state index contributed by atoms with van der Waals surface area (Å²) < 4.78 is 23.2. The molecule has 0 bridgehead atoms. The molecule has 1 heterocycles. The minimum Gasteiger partial charge on any atom is -0.354 e. The maximum atomic E-state index is 12.3. The van der Waals surface area contributed by atoms with Crippen molar-refractivity contribution >= 4 is 27.1 Å². The number of rotatable bonds is 4. The van der Waals surface area contributed by atoms with Crippen molar-refractivity contribution in [2.24, 2.45) is 0 Å². The minimum absolute atomic E-state index is 0.109. The van der Waals surface area contributed by atoms with Gasteiger partial charge in [-0.3, -0.25) is 14.9 Å². The van der Waals surface area contributed by atoms with E-state index in [1.165, 1.54) is 17.0 Å². The number of nitro groups is 1. The summed E-state index contributed by atoms with van der Waals surface area (Å²) >= 11 is 0. The Balaban J connectivity index is 2.50. The zero-order chi connectivity index (χ0) is 17.4. The van der Waals surface area contributed by atoms with E-state index >= 15 is 0 Å². The number of carbonyl (C=O) groups excluding carboxylic acids is 1. The minimum atomic E-state index is -3.54. The Morgan fingerprint density at radius 3 is 2.57 bits per heavy atom. The maximum Gasteiger partial charge on any atom is 0.293 e. The van der Waals surface area contributed by atoms with Gasteiger partial charge in [-0.2, -0.15) is 0 Å². The summed E-state index contributed by atoms with van der Waals surface area (Å²) in [4.78, 5) is 26.0. The molecule has 0 aliphatic carbocycles. The zero-order valence-corrected chi connectivity index (χ0v) is 14.0. The van der Waals surface area contributed by atoms with Crippen molar-refractivity contribution in [2.45, 2.75) is 23.8 Å². The number of hydrogen-bond acceptors (Lipinski definition) is 6. The highest BCUT2D eigenvalue weighted by atomic mass is 32.2. The van der Waals surface area contributed by atoms with Gasteiger partial charge in [-0.05, 0) is 25.0 Å². The fourth-order valence-electron chi connectivity index (χ4n) is 2.73. The molecule has 0 radical (unpaired) electrons. The largest absolute Gasteiger partial charge is 0.354 e. The Kier molecular flexibility index (Phi) is 4.60. The summed E-state index contributed by atoms with van der Waals surface area (Å²) in [6.07, 6.45) is 2.36. The molecule has 0 N–H and O–H groups in total. The van der Waals surface area contributed by atoms with Crippen molar-refractivity contribution in [3.05, 3.63) is 28.3 Å². The Hall–Kier alpha value is -2.16. The molecule has 1 saturated heterocycles. The van der Waals surface area contributed by atoms with Crippen LogP contribution in [0.5, 0.6) is 0 Å². The van der Waals surface area contributed by atoms with Crippen LogP contribution in [0.2, 0.25) is 0 Å². The van der Waals surface area contributed by atoms with Crippen LogP contribution in [0.3, 0.4) is 0 Å². The van der Waals surface area contributed by atoms with Crippen LogP contribution in [0, 0.1) is 10.1 Å². The van der Waals surface area contributed by atoms with E-state index in [4.69, 9.17) is 0 Å². The Labute approximate surface area is 134 Å². The molecule has 1 amide bonds. The van der Waals surface area contributed by atoms with E-state index in [2.05, 4.69) is 0 Å². The van der Waals surface area contributed by atoms with Gasteiger partial charge < -0.3 is 9.80 Å². The Morgan fingerprint density at radius 1 is 1.39 bits per heavy atom. The van der Waals surface area contributed by atoms with Crippen molar-refractivity contribution in [3.63, 3.8) is 0 Å². The van der Waals surface area contributed by atoms with Gasteiger partial charge in [-0.25, -0.2) is 8.42 Å². The smallest absolute Gasteiger partial charge is 0.293 e. The molecule has 2 rings (SSSR count). The summed E-state index contributed by atoms with van der Waals surface area (Å²) in [5.41, 5.74) is -0.0218. The number of carbonyl (C=O) groups is 1. The summed E-state index contributed by atoms with van der Waals surface area (Å²) in [6, 6.07) is 3.34. The second kappa shape index (κ2) is 6.15. The third-order valence-electron chi connectivity index (χ3n) is 3.86. The predicted molar refractivity (Wildman–Crippen MR) is 85.3 cm³/mol. The molecule has 1 aliphatic heterocycles. The number of likely N-dealkylation sites (N-methyl/N-ethyl adjacent to an activating group) is 1. The Morgan fingerprint density at radius 2 is 2.04 bits per heavy atom. The van der Waals surface area contributed by atoms with E-state index in [1.807, 2.05) is 0 Å². The first-order chi connectivity index (χ1) is 10.6. The molecule has 1 unspecified atom stereocenters. The fraction of sp³-hybridized carbons (Fsp3) is 0.500.